The first-order chi connectivity index (χ1) is 11.5. The molecule has 1 heterocycles. The topological polar surface area (TPSA) is 67.3 Å². The molecule has 0 atom stereocenters. The summed E-state index contributed by atoms with van der Waals surface area (Å²) in [6.07, 6.45) is 5.04. The van der Waals surface area contributed by atoms with Gasteiger partial charge in [-0.05, 0) is 38.0 Å². The highest BCUT2D eigenvalue weighted by Gasteiger charge is 2.13. The molecular formula is C18H24N4O2. The van der Waals surface area contributed by atoms with Crippen LogP contribution in [-0.4, -0.2) is 34.1 Å². The lowest BCUT2D eigenvalue weighted by atomic mass is 10.1. The van der Waals surface area contributed by atoms with Gasteiger partial charge in [0.05, 0.1) is 31.1 Å². The fraction of sp³-hybridized carbons (Fsp3) is 0.389. The molecular weight excluding hydrogens is 304 g/mol. The van der Waals surface area contributed by atoms with Crippen LogP contribution < -0.4 is 5.32 Å². The van der Waals surface area contributed by atoms with Crippen LogP contribution in [0.1, 0.15) is 30.7 Å². The number of amides is 2. The van der Waals surface area contributed by atoms with Crippen LogP contribution in [0.25, 0.3) is 0 Å². The first kappa shape index (κ1) is 17.9. The number of hydrogen-bond donors (Lipinski definition) is 1. The fourth-order valence-electron chi connectivity index (χ4n) is 2.17. The lowest BCUT2D eigenvalue weighted by molar-refractivity contribution is 0.0654. The van der Waals surface area contributed by atoms with Crippen molar-refractivity contribution in [2.24, 2.45) is 0 Å². The van der Waals surface area contributed by atoms with Crippen LogP contribution >= 0.6 is 0 Å². The monoisotopic (exact) mass is 328 g/mol. The van der Waals surface area contributed by atoms with E-state index in [0.717, 1.165) is 22.5 Å². The van der Waals surface area contributed by atoms with E-state index in [1.165, 1.54) is 0 Å². The number of urea groups is 1. The summed E-state index contributed by atoms with van der Waals surface area (Å²) < 4.78 is 5.66. The number of aromatic nitrogens is 2. The molecule has 1 aromatic heterocycles. The van der Waals surface area contributed by atoms with Gasteiger partial charge in [0.15, 0.2) is 0 Å². The van der Waals surface area contributed by atoms with Gasteiger partial charge in [-0.3, -0.25) is 9.97 Å². The van der Waals surface area contributed by atoms with E-state index in [4.69, 9.17) is 4.74 Å². The molecule has 1 aromatic carbocycles. The average Bonchev–Trinajstić information content (AvgIpc) is 2.56. The summed E-state index contributed by atoms with van der Waals surface area (Å²) in [6.45, 7) is 6.92. The molecule has 2 rings (SSSR count). The van der Waals surface area contributed by atoms with Gasteiger partial charge in [-0.15, -0.1) is 0 Å². The molecule has 0 saturated carbocycles. The molecule has 0 aliphatic heterocycles. The number of carbonyl (C=O) groups excluding carboxylic acids is 1. The number of benzene rings is 1. The molecule has 2 aromatic rings. The van der Waals surface area contributed by atoms with Gasteiger partial charge in [0.25, 0.3) is 0 Å². The number of nitrogens with zero attached hydrogens (tertiary/aromatic N) is 3. The third kappa shape index (κ3) is 5.03. The van der Waals surface area contributed by atoms with Crippen molar-refractivity contribution in [3.63, 3.8) is 0 Å². The Kier molecular flexibility index (Phi) is 6.26. The van der Waals surface area contributed by atoms with Gasteiger partial charge in [-0.25, -0.2) is 4.79 Å². The Morgan fingerprint density at radius 3 is 2.79 bits per heavy atom. The second kappa shape index (κ2) is 8.40. The maximum Gasteiger partial charge on any atom is 0.321 e. The normalized spacial score (nSPS) is 10.7. The molecule has 128 valence electrons. The number of rotatable bonds is 6. The predicted octanol–water partition coefficient (Wildman–Crippen LogP) is 3.37. The highest BCUT2D eigenvalue weighted by molar-refractivity contribution is 5.90. The van der Waals surface area contributed by atoms with E-state index < -0.39 is 0 Å². The van der Waals surface area contributed by atoms with Gasteiger partial charge >= 0.3 is 6.03 Å². The highest BCUT2D eigenvalue weighted by Crippen LogP contribution is 2.20. The number of nitrogens with one attached hydrogen (secondary N) is 1. The first-order valence-electron chi connectivity index (χ1n) is 7.94. The van der Waals surface area contributed by atoms with Gasteiger partial charge in [0.2, 0.25) is 0 Å². The summed E-state index contributed by atoms with van der Waals surface area (Å²) in [5.74, 6) is 0. The van der Waals surface area contributed by atoms with Crippen LogP contribution in [0.5, 0.6) is 0 Å². The summed E-state index contributed by atoms with van der Waals surface area (Å²) in [6, 6.07) is 5.63. The van der Waals surface area contributed by atoms with Crippen molar-refractivity contribution in [1.29, 1.82) is 0 Å². The van der Waals surface area contributed by atoms with Crippen LogP contribution in [0.15, 0.2) is 36.8 Å². The molecule has 0 unspecified atom stereocenters. The van der Waals surface area contributed by atoms with Crippen LogP contribution in [0.4, 0.5) is 10.5 Å². The minimum atomic E-state index is -0.189. The van der Waals surface area contributed by atoms with E-state index in [2.05, 4.69) is 15.3 Å². The summed E-state index contributed by atoms with van der Waals surface area (Å²) >= 11 is 0. The van der Waals surface area contributed by atoms with Crippen molar-refractivity contribution in [1.82, 2.24) is 14.9 Å². The average molecular weight is 328 g/mol. The van der Waals surface area contributed by atoms with Crippen LogP contribution in [0.3, 0.4) is 0 Å². The minimum Gasteiger partial charge on any atom is -0.374 e. The van der Waals surface area contributed by atoms with Gasteiger partial charge in [0, 0.05) is 25.1 Å². The maximum atomic E-state index is 12.4. The van der Waals surface area contributed by atoms with Gasteiger partial charge in [-0.1, -0.05) is 12.1 Å². The van der Waals surface area contributed by atoms with Crippen molar-refractivity contribution < 1.29 is 9.53 Å². The Labute approximate surface area is 142 Å². The second-order valence-corrected chi connectivity index (χ2v) is 5.93. The smallest absolute Gasteiger partial charge is 0.321 e. The summed E-state index contributed by atoms with van der Waals surface area (Å²) in [7, 11) is 1.73. The number of anilines is 1. The van der Waals surface area contributed by atoms with Gasteiger partial charge in [-0.2, -0.15) is 0 Å². The molecule has 0 bridgehead atoms. The van der Waals surface area contributed by atoms with E-state index in [1.54, 1.807) is 30.5 Å². The minimum absolute atomic E-state index is 0.167. The van der Waals surface area contributed by atoms with Crippen molar-refractivity contribution in [2.45, 2.75) is 40.0 Å². The Hall–Kier alpha value is -2.47. The number of ether oxygens (including phenoxy) is 1. The molecule has 24 heavy (non-hydrogen) atoms. The third-order valence-corrected chi connectivity index (χ3v) is 3.62. The molecule has 6 heteroatoms. The molecule has 0 radical (unpaired) electrons. The quantitative estimate of drug-likeness (QED) is 0.883. The summed E-state index contributed by atoms with van der Waals surface area (Å²) in [4.78, 5) is 22.1. The van der Waals surface area contributed by atoms with Crippen molar-refractivity contribution in [2.75, 3.05) is 12.4 Å². The largest absolute Gasteiger partial charge is 0.374 e. The van der Waals surface area contributed by atoms with E-state index in [-0.39, 0.29) is 12.1 Å². The Morgan fingerprint density at radius 1 is 1.33 bits per heavy atom. The zero-order valence-electron chi connectivity index (χ0n) is 14.6. The molecule has 1 N–H and O–H groups in total. The van der Waals surface area contributed by atoms with Gasteiger partial charge < -0.3 is 15.0 Å². The zero-order chi connectivity index (χ0) is 17.5. The molecule has 0 saturated heterocycles. The fourth-order valence-corrected chi connectivity index (χ4v) is 2.17. The van der Waals surface area contributed by atoms with E-state index in [0.29, 0.717) is 13.2 Å². The second-order valence-electron chi connectivity index (χ2n) is 5.93. The third-order valence-electron chi connectivity index (χ3n) is 3.62. The summed E-state index contributed by atoms with van der Waals surface area (Å²) in [5.41, 5.74) is 3.61. The van der Waals surface area contributed by atoms with E-state index >= 15 is 0 Å². The van der Waals surface area contributed by atoms with Crippen LogP contribution in [-0.2, 0) is 17.9 Å². The lowest BCUT2D eigenvalue weighted by Crippen LogP contribution is -2.31. The Morgan fingerprint density at radius 2 is 2.12 bits per heavy atom. The summed E-state index contributed by atoms with van der Waals surface area (Å²) in [5, 5.41) is 2.94. The standard InChI is InChI=1S/C18H24N4O2/c1-13(2)24-12-15-6-5-7-17(14(15)3)21-18(23)22(4)11-16-10-19-8-9-20-16/h5-10,13H,11-12H2,1-4H3,(H,21,23). The van der Waals surface area contributed by atoms with Crippen molar-refractivity contribution in [3.05, 3.63) is 53.6 Å². The molecule has 2 amide bonds. The maximum absolute atomic E-state index is 12.4. The van der Waals surface area contributed by atoms with Gasteiger partial charge in [0.1, 0.15) is 0 Å². The molecule has 0 aliphatic rings. The van der Waals surface area contributed by atoms with Crippen molar-refractivity contribution >= 4 is 11.7 Å². The highest BCUT2D eigenvalue weighted by atomic mass is 16.5. The SMILES string of the molecule is Cc1c(COC(C)C)cccc1NC(=O)N(C)Cc1cnccn1. The van der Waals surface area contributed by atoms with E-state index in [9.17, 15) is 4.79 Å². The lowest BCUT2D eigenvalue weighted by Gasteiger charge is -2.19. The number of hydrogen-bond acceptors (Lipinski definition) is 4. The Balaban J connectivity index is 2.01. The van der Waals surface area contributed by atoms with Crippen molar-refractivity contribution in [3.8, 4) is 0 Å². The van der Waals surface area contributed by atoms with Crippen LogP contribution in [0.2, 0.25) is 0 Å². The van der Waals surface area contributed by atoms with Crippen LogP contribution in [0, 0.1) is 6.92 Å². The number of carbonyl (C=O) groups is 1. The zero-order valence-corrected chi connectivity index (χ0v) is 14.6. The van der Waals surface area contributed by atoms with E-state index in [1.807, 2.05) is 39.0 Å². The molecule has 0 fully saturated rings. The molecule has 0 aliphatic carbocycles. The Bertz CT molecular complexity index is 674. The predicted molar refractivity (Wildman–Crippen MR) is 93.6 cm³/mol. The molecule has 6 nitrogen and oxygen atoms in total. The first-order valence-corrected chi connectivity index (χ1v) is 7.94. The molecule has 0 spiro atoms.